The molecule has 2 rings (SSSR count). The summed E-state index contributed by atoms with van der Waals surface area (Å²) in [4.78, 5) is 11.2. The van der Waals surface area contributed by atoms with Gasteiger partial charge in [0.1, 0.15) is 0 Å². The summed E-state index contributed by atoms with van der Waals surface area (Å²) in [5.74, 6) is 1.75. The summed E-state index contributed by atoms with van der Waals surface area (Å²) in [6, 6.07) is 21.2. The second-order valence-electron chi connectivity index (χ2n) is 10.8. The van der Waals surface area contributed by atoms with Crippen LogP contribution in [0.3, 0.4) is 0 Å². The highest BCUT2D eigenvalue weighted by molar-refractivity contribution is 7.99. The van der Waals surface area contributed by atoms with Crippen LogP contribution in [0.5, 0.6) is 0 Å². The minimum absolute atomic E-state index is 0.0573. The van der Waals surface area contributed by atoms with Crippen LogP contribution in [-0.2, 0) is 15.6 Å². The van der Waals surface area contributed by atoms with Crippen molar-refractivity contribution in [1.82, 2.24) is 0 Å². The minimum Gasteiger partial charge on any atom is -0.481 e. The maximum Gasteiger partial charge on any atom is 0.303 e. The van der Waals surface area contributed by atoms with E-state index in [0.717, 1.165) is 25.7 Å². The lowest BCUT2D eigenvalue weighted by Crippen LogP contribution is -2.23. The van der Waals surface area contributed by atoms with Crippen molar-refractivity contribution in [2.45, 2.75) is 102 Å². The van der Waals surface area contributed by atoms with Crippen molar-refractivity contribution in [2.75, 3.05) is 18.1 Å². The Morgan fingerprint density at radius 1 is 0.667 bits per heavy atom. The number of aliphatic carboxylic acids is 1. The normalized spacial score (nSPS) is 14.8. The van der Waals surface area contributed by atoms with E-state index in [-0.39, 0.29) is 23.9 Å². The number of hydrogen-bond acceptors (Lipinski definition) is 3. The van der Waals surface area contributed by atoms with Crippen LogP contribution in [0, 0.1) is 0 Å². The molecule has 0 bridgehead atoms. The molecular formula is C32H48O3S. The van der Waals surface area contributed by atoms with Crippen LogP contribution >= 0.6 is 11.8 Å². The largest absolute Gasteiger partial charge is 0.481 e. The standard InChI is InChI=1S/C32H48O3S/c1-31(23-15-25-33,28-16-7-3-8-17-28)21-11-5-13-26-36-27-14-6-12-22-32(2,24-20-30(34)35)29-18-9-4-10-19-29/h3-4,7-10,16-19,33H,5-6,11-15,20-27H2,1-2H3,(H,34,35). The van der Waals surface area contributed by atoms with E-state index in [1.165, 1.54) is 61.2 Å². The second kappa shape index (κ2) is 16.9. The summed E-state index contributed by atoms with van der Waals surface area (Å²) in [7, 11) is 0. The number of unbranched alkanes of at least 4 members (excludes halogenated alkanes) is 4. The summed E-state index contributed by atoms with van der Waals surface area (Å²) in [5.41, 5.74) is 2.77. The van der Waals surface area contributed by atoms with Crippen molar-refractivity contribution < 1.29 is 15.0 Å². The third-order valence-corrected chi connectivity index (χ3v) is 8.91. The van der Waals surface area contributed by atoms with Crippen molar-refractivity contribution in [3.05, 3.63) is 71.8 Å². The molecule has 2 unspecified atom stereocenters. The maximum absolute atomic E-state index is 11.2. The fourth-order valence-electron chi connectivity index (χ4n) is 5.25. The Bertz CT molecular complexity index is 841. The maximum atomic E-state index is 11.2. The summed E-state index contributed by atoms with van der Waals surface area (Å²) in [6.07, 6.45) is 12.5. The van der Waals surface area contributed by atoms with Gasteiger partial charge in [0, 0.05) is 13.0 Å². The number of carbonyl (C=O) groups is 1. The van der Waals surface area contributed by atoms with E-state index < -0.39 is 5.97 Å². The highest BCUT2D eigenvalue weighted by Gasteiger charge is 2.27. The smallest absolute Gasteiger partial charge is 0.303 e. The zero-order valence-electron chi connectivity index (χ0n) is 22.6. The molecule has 2 atom stereocenters. The van der Waals surface area contributed by atoms with Gasteiger partial charge >= 0.3 is 5.97 Å². The zero-order chi connectivity index (χ0) is 26.1. The summed E-state index contributed by atoms with van der Waals surface area (Å²) in [5, 5.41) is 18.5. The molecule has 3 nitrogen and oxygen atoms in total. The molecule has 2 aromatic rings. The molecule has 0 heterocycles. The van der Waals surface area contributed by atoms with Gasteiger partial charge in [0.2, 0.25) is 0 Å². The monoisotopic (exact) mass is 512 g/mol. The number of benzene rings is 2. The number of hydrogen-bond donors (Lipinski definition) is 2. The van der Waals surface area contributed by atoms with Gasteiger partial charge in [-0.3, -0.25) is 4.79 Å². The van der Waals surface area contributed by atoms with Gasteiger partial charge in [0.05, 0.1) is 0 Å². The van der Waals surface area contributed by atoms with Crippen molar-refractivity contribution in [2.24, 2.45) is 0 Å². The number of rotatable bonds is 20. The van der Waals surface area contributed by atoms with Crippen molar-refractivity contribution in [3.63, 3.8) is 0 Å². The van der Waals surface area contributed by atoms with E-state index in [1.54, 1.807) is 0 Å². The summed E-state index contributed by atoms with van der Waals surface area (Å²) in [6.45, 7) is 4.86. The SMILES string of the molecule is CC(CCCO)(CCCCCSCCCCCC(C)(CCC(=O)O)c1ccccc1)c1ccccc1. The predicted molar refractivity (Wildman–Crippen MR) is 155 cm³/mol. The number of carboxylic acids is 1. The third-order valence-electron chi connectivity index (χ3n) is 7.75. The molecule has 0 amide bonds. The van der Waals surface area contributed by atoms with E-state index in [9.17, 15) is 15.0 Å². The lowest BCUT2D eigenvalue weighted by molar-refractivity contribution is -0.137. The fourth-order valence-corrected chi connectivity index (χ4v) is 6.28. The van der Waals surface area contributed by atoms with Gasteiger partial charge < -0.3 is 10.2 Å². The predicted octanol–water partition coefficient (Wildman–Crippen LogP) is 8.39. The molecule has 0 aliphatic rings. The number of aliphatic hydroxyl groups is 1. The van der Waals surface area contributed by atoms with Crippen LogP contribution in [-0.4, -0.2) is 34.3 Å². The van der Waals surface area contributed by atoms with Crippen LogP contribution in [0.2, 0.25) is 0 Å². The minimum atomic E-state index is -0.705. The number of thioether (sulfide) groups is 1. The Morgan fingerprint density at radius 3 is 1.56 bits per heavy atom. The van der Waals surface area contributed by atoms with Crippen LogP contribution in [0.25, 0.3) is 0 Å². The Kier molecular flexibility index (Phi) is 14.3. The lowest BCUT2D eigenvalue weighted by Gasteiger charge is -2.30. The molecule has 200 valence electrons. The first-order valence-corrected chi connectivity index (χ1v) is 15.1. The Hall–Kier alpha value is -1.78. The molecule has 0 radical (unpaired) electrons. The average molecular weight is 513 g/mol. The van der Waals surface area contributed by atoms with Crippen molar-refractivity contribution >= 4 is 17.7 Å². The van der Waals surface area contributed by atoms with Gasteiger partial charge in [-0.2, -0.15) is 11.8 Å². The second-order valence-corrected chi connectivity index (χ2v) is 12.0. The van der Waals surface area contributed by atoms with Gasteiger partial charge in [0.25, 0.3) is 0 Å². The van der Waals surface area contributed by atoms with E-state index >= 15 is 0 Å². The molecule has 2 aromatic carbocycles. The number of carboxylic acid groups (broad SMARTS) is 1. The van der Waals surface area contributed by atoms with Crippen LogP contribution in [0.4, 0.5) is 0 Å². The summed E-state index contributed by atoms with van der Waals surface area (Å²) >= 11 is 2.08. The Morgan fingerprint density at radius 2 is 1.11 bits per heavy atom. The van der Waals surface area contributed by atoms with Crippen LogP contribution < -0.4 is 0 Å². The zero-order valence-corrected chi connectivity index (χ0v) is 23.4. The van der Waals surface area contributed by atoms with Gasteiger partial charge in [-0.15, -0.1) is 0 Å². The van der Waals surface area contributed by atoms with Crippen LogP contribution in [0.1, 0.15) is 102 Å². The van der Waals surface area contributed by atoms with E-state index in [4.69, 9.17) is 0 Å². The third kappa shape index (κ3) is 11.1. The molecule has 4 heteroatoms. The van der Waals surface area contributed by atoms with Gasteiger partial charge in [-0.25, -0.2) is 0 Å². The highest BCUT2D eigenvalue weighted by atomic mass is 32.2. The van der Waals surface area contributed by atoms with Gasteiger partial charge in [-0.1, -0.05) is 100 Å². The molecule has 36 heavy (non-hydrogen) atoms. The first-order valence-electron chi connectivity index (χ1n) is 13.9. The molecule has 0 aliphatic carbocycles. The van der Waals surface area contributed by atoms with Crippen molar-refractivity contribution in [1.29, 1.82) is 0 Å². The average Bonchev–Trinajstić information content (AvgIpc) is 2.90. The van der Waals surface area contributed by atoms with E-state index in [2.05, 4.69) is 80.2 Å². The van der Waals surface area contributed by atoms with Crippen LogP contribution in [0.15, 0.2) is 60.7 Å². The molecule has 0 fully saturated rings. The topological polar surface area (TPSA) is 57.5 Å². The Labute approximate surface area is 224 Å². The molecule has 0 aliphatic heterocycles. The molecule has 0 saturated heterocycles. The lowest BCUT2D eigenvalue weighted by atomic mass is 9.74. The fraction of sp³-hybridized carbons (Fsp3) is 0.594. The first-order chi connectivity index (χ1) is 17.4. The molecule has 0 aromatic heterocycles. The highest BCUT2D eigenvalue weighted by Crippen LogP contribution is 2.35. The quantitative estimate of drug-likeness (QED) is 0.175. The molecule has 0 saturated carbocycles. The molecule has 2 N–H and O–H groups in total. The molecule has 0 spiro atoms. The van der Waals surface area contributed by atoms with Crippen molar-refractivity contribution in [3.8, 4) is 0 Å². The number of aliphatic hydroxyl groups excluding tert-OH is 1. The first kappa shape index (κ1) is 30.4. The van der Waals surface area contributed by atoms with Gasteiger partial charge in [-0.05, 0) is 78.4 Å². The van der Waals surface area contributed by atoms with E-state index in [1.807, 2.05) is 6.07 Å². The molecular weight excluding hydrogens is 464 g/mol. The van der Waals surface area contributed by atoms with E-state index in [0.29, 0.717) is 6.42 Å². The van der Waals surface area contributed by atoms with Gasteiger partial charge in [0.15, 0.2) is 0 Å². The Balaban J connectivity index is 1.60. The summed E-state index contributed by atoms with van der Waals surface area (Å²) < 4.78 is 0.